The second-order valence-corrected chi connectivity index (χ2v) is 4.45. The number of benzene rings is 1. The lowest BCUT2D eigenvalue weighted by molar-refractivity contribution is -0.384. The van der Waals surface area contributed by atoms with E-state index in [0.29, 0.717) is 0 Å². The van der Waals surface area contributed by atoms with Crippen molar-refractivity contribution in [1.82, 2.24) is 0 Å². The quantitative estimate of drug-likeness (QED) is 0.583. The third-order valence-electron chi connectivity index (χ3n) is 2.84. The number of hydrogen-bond acceptors (Lipinski definition) is 4. The number of rotatable bonds is 7. The summed E-state index contributed by atoms with van der Waals surface area (Å²) >= 11 is 0. The molecule has 6 heteroatoms. The number of carboxylic acids is 1. The topological polar surface area (TPSA) is 92.5 Å². The lowest BCUT2D eigenvalue weighted by Crippen LogP contribution is -2.17. The molecule has 0 spiro atoms. The first-order valence-electron chi connectivity index (χ1n) is 6.24. The summed E-state index contributed by atoms with van der Waals surface area (Å²) in [4.78, 5) is 21.4. The van der Waals surface area contributed by atoms with Gasteiger partial charge in [0.25, 0.3) is 0 Å². The van der Waals surface area contributed by atoms with E-state index in [9.17, 15) is 14.9 Å². The molecular formula is C13H18N2O4. The van der Waals surface area contributed by atoms with Gasteiger partial charge >= 0.3 is 11.7 Å². The van der Waals surface area contributed by atoms with Crippen molar-refractivity contribution >= 4 is 17.3 Å². The molecule has 0 bridgehead atoms. The van der Waals surface area contributed by atoms with Crippen molar-refractivity contribution < 1.29 is 14.8 Å². The minimum Gasteiger partial charge on any atom is -0.477 e. The first kappa shape index (κ1) is 14.9. The van der Waals surface area contributed by atoms with Gasteiger partial charge in [0.05, 0.1) is 4.92 Å². The maximum atomic E-state index is 11.0. The Morgan fingerprint density at radius 3 is 2.74 bits per heavy atom. The van der Waals surface area contributed by atoms with Gasteiger partial charge in [-0.1, -0.05) is 25.8 Å². The fourth-order valence-electron chi connectivity index (χ4n) is 1.88. The van der Waals surface area contributed by atoms with E-state index in [2.05, 4.69) is 12.2 Å². The first-order chi connectivity index (χ1) is 8.97. The van der Waals surface area contributed by atoms with Crippen molar-refractivity contribution in [1.29, 1.82) is 0 Å². The van der Waals surface area contributed by atoms with Crippen LogP contribution < -0.4 is 5.32 Å². The van der Waals surface area contributed by atoms with Gasteiger partial charge in [-0.05, 0) is 25.5 Å². The molecule has 6 nitrogen and oxygen atoms in total. The average molecular weight is 266 g/mol. The van der Waals surface area contributed by atoms with Gasteiger partial charge in [0.1, 0.15) is 11.3 Å². The predicted octanol–water partition coefficient (Wildman–Crippen LogP) is 3.28. The monoisotopic (exact) mass is 266 g/mol. The van der Waals surface area contributed by atoms with Crippen LogP contribution in [0.3, 0.4) is 0 Å². The van der Waals surface area contributed by atoms with Gasteiger partial charge in [-0.25, -0.2) is 4.79 Å². The average Bonchev–Trinajstić information content (AvgIpc) is 2.35. The highest BCUT2D eigenvalue weighted by atomic mass is 16.6. The van der Waals surface area contributed by atoms with Crippen molar-refractivity contribution in [2.75, 3.05) is 5.32 Å². The molecule has 0 aliphatic rings. The molecule has 1 unspecified atom stereocenters. The van der Waals surface area contributed by atoms with Crippen molar-refractivity contribution in [2.45, 2.75) is 39.2 Å². The second kappa shape index (κ2) is 6.72. The lowest BCUT2D eigenvalue weighted by atomic mass is 10.1. The van der Waals surface area contributed by atoms with Crippen molar-refractivity contribution in [3.05, 3.63) is 33.9 Å². The van der Waals surface area contributed by atoms with Gasteiger partial charge in [0.2, 0.25) is 0 Å². The van der Waals surface area contributed by atoms with Crippen LogP contribution in [0.15, 0.2) is 18.2 Å². The summed E-state index contributed by atoms with van der Waals surface area (Å²) in [5.74, 6) is -1.29. The van der Waals surface area contributed by atoms with E-state index >= 15 is 0 Å². The molecule has 1 rings (SSSR count). The van der Waals surface area contributed by atoms with Crippen LogP contribution in [0.2, 0.25) is 0 Å². The zero-order valence-corrected chi connectivity index (χ0v) is 11.0. The normalized spacial score (nSPS) is 11.9. The van der Waals surface area contributed by atoms with Gasteiger partial charge in [0.15, 0.2) is 0 Å². The third kappa shape index (κ3) is 3.94. The van der Waals surface area contributed by atoms with Gasteiger partial charge in [-0.2, -0.15) is 0 Å². The number of nitrogens with zero attached hydrogens (tertiary/aromatic N) is 1. The first-order valence-corrected chi connectivity index (χ1v) is 6.24. The van der Waals surface area contributed by atoms with Crippen LogP contribution in [0.5, 0.6) is 0 Å². The largest absolute Gasteiger partial charge is 0.477 e. The number of aromatic carboxylic acids is 1. The summed E-state index contributed by atoms with van der Waals surface area (Å²) in [6, 6.07) is 4.34. The number of carbonyl (C=O) groups is 1. The fraction of sp³-hybridized carbons (Fsp3) is 0.462. The van der Waals surface area contributed by atoms with Crippen LogP contribution in [-0.2, 0) is 0 Å². The molecular weight excluding hydrogens is 248 g/mol. The van der Waals surface area contributed by atoms with Crippen LogP contribution in [-0.4, -0.2) is 22.0 Å². The van der Waals surface area contributed by atoms with Gasteiger partial charge < -0.3 is 10.4 Å². The summed E-state index contributed by atoms with van der Waals surface area (Å²) in [6.45, 7) is 3.99. The molecule has 0 aliphatic heterocycles. The van der Waals surface area contributed by atoms with E-state index < -0.39 is 10.9 Å². The number of anilines is 1. The molecule has 0 heterocycles. The molecule has 2 N–H and O–H groups in total. The highest BCUT2D eigenvalue weighted by Crippen LogP contribution is 2.29. The summed E-state index contributed by atoms with van der Waals surface area (Å²) in [5.41, 5.74) is -0.412. The highest BCUT2D eigenvalue weighted by molar-refractivity contribution is 5.95. The Bertz CT molecular complexity index is 474. The number of nitro groups is 1. The Balaban J connectivity index is 3.03. The number of hydrogen-bond donors (Lipinski definition) is 2. The summed E-state index contributed by atoms with van der Waals surface area (Å²) in [5, 5.41) is 23.0. The van der Waals surface area contributed by atoms with Crippen LogP contribution in [0.1, 0.15) is 43.5 Å². The van der Waals surface area contributed by atoms with Crippen molar-refractivity contribution in [3.8, 4) is 0 Å². The summed E-state index contributed by atoms with van der Waals surface area (Å²) in [7, 11) is 0. The zero-order valence-electron chi connectivity index (χ0n) is 11.0. The van der Waals surface area contributed by atoms with Gasteiger partial charge in [0, 0.05) is 6.04 Å². The number of nitrogens with one attached hydrogen (secondary N) is 1. The number of carboxylic acid groups (broad SMARTS) is 1. The predicted molar refractivity (Wildman–Crippen MR) is 72.7 cm³/mol. The molecule has 1 atom stereocenters. The Morgan fingerprint density at radius 2 is 2.21 bits per heavy atom. The molecule has 0 aromatic heterocycles. The van der Waals surface area contributed by atoms with E-state index in [-0.39, 0.29) is 23.0 Å². The molecule has 0 saturated heterocycles. The van der Waals surface area contributed by atoms with Crippen molar-refractivity contribution in [3.63, 3.8) is 0 Å². The van der Waals surface area contributed by atoms with Crippen LogP contribution in [0, 0.1) is 10.1 Å². The lowest BCUT2D eigenvalue weighted by Gasteiger charge is -2.15. The van der Waals surface area contributed by atoms with E-state index in [1.54, 1.807) is 0 Å². The molecule has 0 saturated carbocycles. The van der Waals surface area contributed by atoms with Crippen LogP contribution in [0.4, 0.5) is 11.4 Å². The molecule has 0 amide bonds. The number of unbranched alkanes of at least 4 members (excludes halogenated alkanes) is 1. The Kier molecular flexibility index (Phi) is 5.29. The third-order valence-corrected chi connectivity index (χ3v) is 2.84. The van der Waals surface area contributed by atoms with E-state index in [0.717, 1.165) is 19.3 Å². The SMILES string of the molecule is CCCCC(C)Nc1cccc(C(=O)O)c1[N+](=O)[O-]. The second-order valence-electron chi connectivity index (χ2n) is 4.45. The molecule has 0 radical (unpaired) electrons. The van der Waals surface area contributed by atoms with E-state index in [1.807, 2.05) is 6.92 Å². The Labute approximate surface area is 111 Å². The van der Waals surface area contributed by atoms with Gasteiger partial charge in [-0.3, -0.25) is 10.1 Å². The number of nitro benzene ring substituents is 1. The minimum absolute atomic E-state index is 0.0581. The van der Waals surface area contributed by atoms with E-state index in [4.69, 9.17) is 5.11 Å². The molecule has 0 aliphatic carbocycles. The highest BCUT2D eigenvalue weighted by Gasteiger charge is 2.24. The van der Waals surface area contributed by atoms with E-state index in [1.165, 1.54) is 18.2 Å². The summed E-state index contributed by atoms with van der Waals surface area (Å²) < 4.78 is 0. The zero-order chi connectivity index (χ0) is 14.4. The maximum Gasteiger partial charge on any atom is 0.342 e. The standard InChI is InChI=1S/C13H18N2O4/c1-3-4-6-9(2)14-11-8-5-7-10(13(16)17)12(11)15(18)19/h5,7-9,14H,3-4,6H2,1-2H3,(H,16,17). The number of para-hydroxylation sites is 1. The van der Waals surface area contributed by atoms with Gasteiger partial charge in [-0.15, -0.1) is 0 Å². The fourth-order valence-corrected chi connectivity index (χ4v) is 1.88. The van der Waals surface area contributed by atoms with Crippen LogP contribution in [0.25, 0.3) is 0 Å². The maximum absolute atomic E-state index is 11.0. The molecule has 0 fully saturated rings. The molecule has 104 valence electrons. The Morgan fingerprint density at radius 1 is 1.53 bits per heavy atom. The molecule has 1 aromatic rings. The smallest absolute Gasteiger partial charge is 0.342 e. The van der Waals surface area contributed by atoms with Crippen LogP contribution >= 0.6 is 0 Å². The summed E-state index contributed by atoms with van der Waals surface area (Å²) in [6.07, 6.45) is 2.94. The van der Waals surface area contributed by atoms with Crippen molar-refractivity contribution in [2.24, 2.45) is 0 Å². The Hall–Kier alpha value is -2.11. The molecule has 19 heavy (non-hydrogen) atoms. The molecule has 1 aromatic carbocycles. The minimum atomic E-state index is -1.29.